The van der Waals surface area contributed by atoms with E-state index in [2.05, 4.69) is 5.32 Å². The smallest absolute Gasteiger partial charge is 0.338 e. The van der Waals surface area contributed by atoms with Gasteiger partial charge in [0, 0.05) is 4.88 Å². The van der Waals surface area contributed by atoms with Crippen molar-refractivity contribution in [3.8, 4) is 0 Å². The Hall–Kier alpha value is -2.67. The lowest BCUT2D eigenvalue weighted by molar-refractivity contribution is -0.119. The molecule has 0 saturated heterocycles. The lowest BCUT2D eigenvalue weighted by Gasteiger charge is -2.09. The van der Waals surface area contributed by atoms with Crippen molar-refractivity contribution >= 4 is 34.1 Å². The molecular weight excluding hydrogens is 352 g/mol. The first-order valence-corrected chi connectivity index (χ1v) is 9.17. The van der Waals surface area contributed by atoms with Gasteiger partial charge in [0.25, 0.3) is 11.8 Å². The predicted octanol–water partition coefficient (Wildman–Crippen LogP) is 2.75. The maximum absolute atomic E-state index is 12.2. The summed E-state index contributed by atoms with van der Waals surface area (Å²) in [4.78, 5) is 37.2. The number of anilines is 1. The van der Waals surface area contributed by atoms with Crippen LogP contribution in [0.15, 0.2) is 18.2 Å². The molecule has 136 valence electrons. The number of carbonyl (C=O) groups excluding carboxylic acids is 3. The lowest BCUT2D eigenvalue weighted by Crippen LogP contribution is -2.23. The summed E-state index contributed by atoms with van der Waals surface area (Å²) in [7, 11) is 0. The van der Waals surface area contributed by atoms with Crippen LogP contribution in [0.2, 0.25) is 0 Å². The predicted molar refractivity (Wildman–Crippen MR) is 99.7 cm³/mol. The zero-order valence-electron chi connectivity index (χ0n) is 14.7. The Morgan fingerprint density at radius 3 is 2.73 bits per heavy atom. The number of fused-ring (bicyclic) bond motifs is 1. The van der Waals surface area contributed by atoms with Gasteiger partial charge in [-0.05, 0) is 50.3 Å². The van der Waals surface area contributed by atoms with E-state index in [1.807, 2.05) is 26.0 Å². The van der Waals surface area contributed by atoms with Gasteiger partial charge in [0.05, 0.1) is 11.1 Å². The third-order valence-electron chi connectivity index (χ3n) is 4.37. The van der Waals surface area contributed by atoms with E-state index in [4.69, 9.17) is 10.5 Å². The van der Waals surface area contributed by atoms with Gasteiger partial charge >= 0.3 is 5.97 Å². The molecule has 0 radical (unpaired) electrons. The summed E-state index contributed by atoms with van der Waals surface area (Å²) in [5.74, 6) is -1.59. The molecule has 0 atom stereocenters. The second-order valence-corrected chi connectivity index (χ2v) is 7.47. The van der Waals surface area contributed by atoms with Crippen LogP contribution in [0.5, 0.6) is 0 Å². The standard InChI is InChI=1S/C19H20N2O4S/c1-10-6-7-11(2)13(8-10)19(24)25-9-15(22)21-18-16(17(20)23)12-4-3-5-14(12)26-18/h6-8H,3-5,9H2,1-2H3,(H2,20,23)(H,21,22). The van der Waals surface area contributed by atoms with Gasteiger partial charge in [-0.25, -0.2) is 4.79 Å². The average molecular weight is 372 g/mol. The summed E-state index contributed by atoms with van der Waals surface area (Å²) in [5, 5.41) is 3.10. The van der Waals surface area contributed by atoms with E-state index in [1.165, 1.54) is 11.3 Å². The van der Waals surface area contributed by atoms with Crippen molar-refractivity contribution in [3.63, 3.8) is 0 Å². The molecule has 3 N–H and O–H groups in total. The third-order valence-corrected chi connectivity index (χ3v) is 5.58. The summed E-state index contributed by atoms with van der Waals surface area (Å²) in [6, 6.07) is 5.46. The van der Waals surface area contributed by atoms with E-state index >= 15 is 0 Å². The van der Waals surface area contributed by atoms with Gasteiger partial charge in [-0.15, -0.1) is 11.3 Å². The van der Waals surface area contributed by atoms with Gasteiger partial charge in [-0.3, -0.25) is 9.59 Å². The fourth-order valence-corrected chi connectivity index (χ4v) is 4.39. The average Bonchev–Trinajstić information content (AvgIpc) is 3.15. The molecule has 6 nitrogen and oxygen atoms in total. The molecule has 7 heteroatoms. The first-order valence-electron chi connectivity index (χ1n) is 8.35. The number of primary amides is 1. The van der Waals surface area contributed by atoms with Crippen LogP contribution in [0.3, 0.4) is 0 Å². The number of ether oxygens (including phenoxy) is 1. The summed E-state index contributed by atoms with van der Waals surface area (Å²) in [6.07, 6.45) is 2.67. The van der Waals surface area contributed by atoms with Crippen LogP contribution in [-0.2, 0) is 22.4 Å². The van der Waals surface area contributed by atoms with Crippen molar-refractivity contribution in [3.05, 3.63) is 50.9 Å². The molecular formula is C19H20N2O4S. The van der Waals surface area contributed by atoms with Gasteiger partial charge in [0.2, 0.25) is 0 Å². The summed E-state index contributed by atoms with van der Waals surface area (Å²) < 4.78 is 5.11. The Balaban J connectivity index is 1.66. The van der Waals surface area contributed by atoms with Gasteiger partial charge in [-0.1, -0.05) is 17.7 Å². The van der Waals surface area contributed by atoms with E-state index in [0.717, 1.165) is 40.8 Å². The van der Waals surface area contributed by atoms with Crippen LogP contribution < -0.4 is 11.1 Å². The number of carbonyl (C=O) groups is 3. The number of thiophene rings is 1. The van der Waals surface area contributed by atoms with E-state index in [1.54, 1.807) is 6.07 Å². The minimum atomic E-state index is -0.551. The highest BCUT2D eigenvalue weighted by Gasteiger charge is 2.26. The largest absolute Gasteiger partial charge is 0.452 e. The first kappa shape index (κ1) is 18.1. The highest BCUT2D eigenvalue weighted by molar-refractivity contribution is 7.17. The first-order chi connectivity index (χ1) is 12.4. The Kier molecular flexibility index (Phi) is 5.08. The highest BCUT2D eigenvalue weighted by Crippen LogP contribution is 2.38. The molecule has 1 aromatic carbocycles. The van der Waals surface area contributed by atoms with E-state index in [9.17, 15) is 14.4 Å². The Bertz CT molecular complexity index is 901. The van der Waals surface area contributed by atoms with Crippen molar-refractivity contribution in [1.82, 2.24) is 0 Å². The maximum atomic E-state index is 12.2. The van der Waals surface area contributed by atoms with E-state index in [0.29, 0.717) is 16.1 Å². The molecule has 0 aliphatic heterocycles. The second-order valence-electron chi connectivity index (χ2n) is 6.37. The number of amides is 2. The molecule has 1 aliphatic carbocycles. The Labute approximate surface area is 155 Å². The van der Waals surface area contributed by atoms with Crippen molar-refractivity contribution in [2.24, 2.45) is 5.73 Å². The van der Waals surface area contributed by atoms with Gasteiger partial charge in [0.1, 0.15) is 5.00 Å². The molecule has 2 aromatic rings. The summed E-state index contributed by atoms with van der Waals surface area (Å²) in [6.45, 7) is 3.26. The molecule has 1 heterocycles. The van der Waals surface area contributed by atoms with E-state index < -0.39 is 24.4 Å². The highest BCUT2D eigenvalue weighted by atomic mass is 32.1. The molecule has 0 unspecified atom stereocenters. The monoisotopic (exact) mass is 372 g/mol. The van der Waals surface area contributed by atoms with Crippen LogP contribution in [-0.4, -0.2) is 24.4 Å². The zero-order chi connectivity index (χ0) is 18.8. The summed E-state index contributed by atoms with van der Waals surface area (Å²) >= 11 is 1.37. The number of hydrogen-bond acceptors (Lipinski definition) is 5. The summed E-state index contributed by atoms with van der Waals surface area (Å²) in [5.41, 5.74) is 8.95. The molecule has 1 aromatic heterocycles. The number of rotatable bonds is 5. The molecule has 0 spiro atoms. The molecule has 3 rings (SSSR count). The number of hydrogen-bond donors (Lipinski definition) is 2. The van der Waals surface area contributed by atoms with Crippen LogP contribution in [0.25, 0.3) is 0 Å². The number of benzene rings is 1. The lowest BCUT2D eigenvalue weighted by atomic mass is 10.1. The molecule has 2 amide bonds. The Morgan fingerprint density at radius 1 is 1.23 bits per heavy atom. The zero-order valence-corrected chi connectivity index (χ0v) is 15.5. The minimum Gasteiger partial charge on any atom is -0.452 e. The quantitative estimate of drug-likeness (QED) is 0.789. The van der Waals surface area contributed by atoms with Crippen LogP contribution in [0, 0.1) is 13.8 Å². The van der Waals surface area contributed by atoms with Crippen LogP contribution in [0.4, 0.5) is 5.00 Å². The van der Waals surface area contributed by atoms with Crippen LogP contribution in [0.1, 0.15) is 48.7 Å². The van der Waals surface area contributed by atoms with Gasteiger partial charge < -0.3 is 15.8 Å². The van der Waals surface area contributed by atoms with E-state index in [-0.39, 0.29) is 0 Å². The second kappa shape index (κ2) is 7.29. The normalized spacial score (nSPS) is 12.5. The van der Waals surface area contributed by atoms with Crippen molar-refractivity contribution < 1.29 is 19.1 Å². The maximum Gasteiger partial charge on any atom is 0.338 e. The third kappa shape index (κ3) is 3.62. The van der Waals surface area contributed by atoms with Gasteiger partial charge in [0.15, 0.2) is 6.61 Å². The fourth-order valence-electron chi connectivity index (χ4n) is 3.08. The van der Waals surface area contributed by atoms with Crippen molar-refractivity contribution in [2.45, 2.75) is 33.1 Å². The van der Waals surface area contributed by atoms with Gasteiger partial charge in [-0.2, -0.15) is 0 Å². The number of esters is 1. The minimum absolute atomic E-state index is 0.386. The van der Waals surface area contributed by atoms with Crippen molar-refractivity contribution in [2.75, 3.05) is 11.9 Å². The molecule has 26 heavy (non-hydrogen) atoms. The molecule has 0 saturated carbocycles. The fraction of sp³-hybridized carbons (Fsp3) is 0.316. The number of nitrogens with two attached hydrogens (primary N) is 1. The number of nitrogens with one attached hydrogen (secondary N) is 1. The van der Waals surface area contributed by atoms with Crippen LogP contribution >= 0.6 is 11.3 Å². The topological polar surface area (TPSA) is 98.5 Å². The van der Waals surface area contributed by atoms with Crippen molar-refractivity contribution in [1.29, 1.82) is 0 Å². The Morgan fingerprint density at radius 2 is 2.00 bits per heavy atom. The SMILES string of the molecule is Cc1ccc(C)c(C(=O)OCC(=O)Nc2sc3c(c2C(N)=O)CCC3)c1. The molecule has 0 bridgehead atoms. The molecule has 0 fully saturated rings. The number of aryl methyl sites for hydroxylation is 3. The molecule has 1 aliphatic rings.